The van der Waals surface area contributed by atoms with Crippen molar-refractivity contribution in [2.24, 2.45) is 47.3 Å². The first-order valence-electron chi connectivity index (χ1n) is 15.3. The Kier molecular flexibility index (Phi) is 9.60. The third-order valence-corrected chi connectivity index (χ3v) is 9.85. The van der Waals surface area contributed by atoms with Crippen molar-refractivity contribution in [2.75, 3.05) is 26.3 Å². The lowest BCUT2D eigenvalue weighted by atomic mass is 9.75. The van der Waals surface area contributed by atoms with Crippen LogP contribution >= 0.6 is 0 Å². The highest BCUT2D eigenvalue weighted by molar-refractivity contribution is 5.95. The Balaban J connectivity index is 0.000000168. The van der Waals surface area contributed by atoms with Crippen molar-refractivity contribution in [3.8, 4) is 0 Å². The third kappa shape index (κ3) is 6.08. The number of hydrogen-bond acceptors (Lipinski definition) is 6. The van der Waals surface area contributed by atoms with Crippen LogP contribution in [0.4, 0.5) is 9.59 Å². The summed E-state index contributed by atoms with van der Waals surface area (Å²) >= 11 is 0. The van der Waals surface area contributed by atoms with E-state index >= 15 is 0 Å². The molecule has 2 aliphatic heterocycles. The minimum Gasteiger partial charge on any atom is -0.447 e. The molecule has 0 radical (unpaired) electrons. The summed E-state index contributed by atoms with van der Waals surface area (Å²) in [5.41, 5.74) is 0. The van der Waals surface area contributed by atoms with E-state index in [1.54, 1.807) is 12.2 Å². The van der Waals surface area contributed by atoms with Gasteiger partial charge >= 0.3 is 12.2 Å². The Morgan fingerprint density at radius 2 is 1.14 bits per heavy atom. The first kappa shape index (κ1) is 29.8. The molecule has 8 atom stereocenters. The molecule has 4 amide bonds. The summed E-state index contributed by atoms with van der Waals surface area (Å²) in [7, 11) is 0. The van der Waals surface area contributed by atoms with Gasteiger partial charge in [0.1, 0.15) is 13.2 Å². The van der Waals surface area contributed by atoms with Crippen molar-refractivity contribution in [1.29, 1.82) is 0 Å². The van der Waals surface area contributed by atoms with Crippen molar-refractivity contribution < 1.29 is 28.7 Å². The first-order chi connectivity index (χ1) is 20.4. The van der Waals surface area contributed by atoms with Crippen molar-refractivity contribution in [3.63, 3.8) is 0 Å². The summed E-state index contributed by atoms with van der Waals surface area (Å²) in [4.78, 5) is 51.0. The number of cyclic esters (lactones) is 2. The second kappa shape index (κ2) is 13.5. The molecule has 6 rings (SSSR count). The molecule has 224 valence electrons. The largest absolute Gasteiger partial charge is 0.447 e. The summed E-state index contributed by atoms with van der Waals surface area (Å²) in [6, 6.07) is 0. The lowest BCUT2D eigenvalue weighted by Crippen LogP contribution is -2.41. The van der Waals surface area contributed by atoms with Crippen LogP contribution in [0.3, 0.4) is 0 Å². The first-order valence-corrected chi connectivity index (χ1v) is 15.3. The molecule has 8 heteroatoms. The van der Waals surface area contributed by atoms with Crippen LogP contribution in [0.25, 0.3) is 0 Å². The predicted molar refractivity (Wildman–Crippen MR) is 159 cm³/mol. The quantitative estimate of drug-likeness (QED) is 0.292. The van der Waals surface area contributed by atoms with E-state index in [-0.39, 0.29) is 23.7 Å². The van der Waals surface area contributed by atoms with E-state index in [1.165, 1.54) is 9.80 Å². The van der Waals surface area contributed by atoms with Gasteiger partial charge in [0, 0.05) is 11.8 Å². The summed E-state index contributed by atoms with van der Waals surface area (Å²) in [6.07, 6.45) is 25.5. The van der Waals surface area contributed by atoms with E-state index in [4.69, 9.17) is 9.47 Å². The molecule has 4 fully saturated rings. The van der Waals surface area contributed by atoms with E-state index in [0.717, 1.165) is 38.5 Å². The Hall–Kier alpha value is -3.68. The second-order valence-corrected chi connectivity index (χ2v) is 12.0. The van der Waals surface area contributed by atoms with Crippen molar-refractivity contribution in [1.82, 2.24) is 9.80 Å². The van der Waals surface area contributed by atoms with Crippen LogP contribution in [0.2, 0.25) is 0 Å². The van der Waals surface area contributed by atoms with E-state index < -0.39 is 12.2 Å². The highest BCUT2D eigenvalue weighted by Gasteiger charge is 2.46. The monoisotopic (exact) mass is 574 g/mol. The molecule has 8 nitrogen and oxygen atoms in total. The van der Waals surface area contributed by atoms with Gasteiger partial charge in [0.05, 0.1) is 13.1 Å². The molecular formula is C34H42N2O6. The molecule has 6 aliphatic rings. The molecule has 0 unspecified atom stereocenters. The maximum atomic E-state index is 12.6. The molecule has 0 N–H and O–H groups in total. The van der Waals surface area contributed by atoms with Gasteiger partial charge in [-0.05, 0) is 74.0 Å². The van der Waals surface area contributed by atoms with Crippen LogP contribution < -0.4 is 0 Å². The Morgan fingerprint density at radius 1 is 0.714 bits per heavy atom. The van der Waals surface area contributed by atoms with Crippen LogP contribution in [0.1, 0.15) is 38.5 Å². The zero-order valence-corrected chi connectivity index (χ0v) is 24.2. The predicted octanol–water partition coefficient (Wildman–Crippen LogP) is 5.85. The van der Waals surface area contributed by atoms with Crippen LogP contribution in [-0.4, -0.2) is 60.1 Å². The number of ether oxygens (including phenoxy) is 2. The number of rotatable bonds is 6. The maximum Gasteiger partial charge on any atom is 0.416 e. The van der Waals surface area contributed by atoms with Gasteiger partial charge in [-0.3, -0.25) is 9.59 Å². The minimum absolute atomic E-state index is 0.0507. The summed E-state index contributed by atoms with van der Waals surface area (Å²) in [5, 5.41) is 0. The molecule has 0 aromatic carbocycles. The van der Waals surface area contributed by atoms with Crippen LogP contribution in [0.15, 0.2) is 73.9 Å². The van der Waals surface area contributed by atoms with Gasteiger partial charge in [-0.15, -0.1) is 0 Å². The number of hydrogen-bond donors (Lipinski definition) is 0. The molecule has 0 spiro atoms. The smallest absolute Gasteiger partial charge is 0.416 e. The van der Waals surface area contributed by atoms with Gasteiger partial charge in [-0.25, -0.2) is 19.4 Å². The number of nitrogens with zero attached hydrogens (tertiary/aromatic N) is 2. The average molecular weight is 575 g/mol. The number of imide groups is 2. The fraction of sp³-hybridized carbons (Fsp3) is 0.529. The SMILES string of the molecule is C=C/C=C/[C@@H]1CC[C@H]2[C@H]1C=CC[C@@H]2C(=O)N1CCOC1=O.C=C/C=C/[C@H]1CC[C@@H]2[C@@H]1C=CC[C@H]2C(=O)N1CCOC1=O. The lowest BCUT2D eigenvalue weighted by Gasteiger charge is -2.32. The van der Waals surface area contributed by atoms with Crippen LogP contribution in [0.5, 0.6) is 0 Å². The van der Waals surface area contributed by atoms with E-state index in [2.05, 4.69) is 49.6 Å². The summed E-state index contributed by atoms with van der Waals surface area (Å²) < 4.78 is 9.78. The molecule has 4 aliphatic carbocycles. The average Bonchev–Trinajstić information content (AvgIpc) is 3.81. The molecule has 0 bridgehead atoms. The van der Waals surface area contributed by atoms with E-state index in [1.807, 2.05) is 12.2 Å². The number of amides is 4. The third-order valence-electron chi connectivity index (χ3n) is 9.85. The van der Waals surface area contributed by atoms with Crippen LogP contribution in [-0.2, 0) is 19.1 Å². The maximum absolute atomic E-state index is 12.6. The minimum atomic E-state index is -0.479. The summed E-state index contributed by atoms with van der Waals surface area (Å²) in [6.45, 7) is 8.87. The molecule has 2 heterocycles. The highest BCUT2D eigenvalue weighted by Crippen LogP contribution is 2.48. The topological polar surface area (TPSA) is 93.2 Å². The Bertz CT molecular complexity index is 1110. The van der Waals surface area contributed by atoms with Gasteiger partial charge in [0.2, 0.25) is 11.8 Å². The fourth-order valence-electron chi connectivity index (χ4n) is 7.85. The highest BCUT2D eigenvalue weighted by atomic mass is 16.6. The van der Waals surface area contributed by atoms with E-state index in [0.29, 0.717) is 61.8 Å². The van der Waals surface area contributed by atoms with Crippen molar-refractivity contribution in [2.45, 2.75) is 38.5 Å². The molecule has 0 aromatic heterocycles. The van der Waals surface area contributed by atoms with Crippen molar-refractivity contribution >= 4 is 24.0 Å². The summed E-state index contributed by atoms with van der Waals surface area (Å²) in [5.74, 6) is 2.20. The molecular weight excluding hydrogens is 532 g/mol. The number of fused-ring (bicyclic) bond motifs is 2. The molecule has 0 aromatic rings. The number of carbonyl (C=O) groups excluding carboxylic acids is 4. The zero-order valence-electron chi connectivity index (χ0n) is 24.2. The molecule has 2 saturated carbocycles. The molecule has 2 saturated heterocycles. The van der Waals surface area contributed by atoms with Crippen LogP contribution in [0, 0.1) is 47.3 Å². The Morgan fingerprint density at radius 3 is 1.50 bits per heavy atom. The van der Waals surface area contributed by atoms with Crippen molar-refractivity contribution in [3.05, 3.63) is 73.9 Å². The van der Waals surface area contributed by atoms with E-state index in [9.17, 15) is 19.2 Å². The van der Waals surface area contributed by atoms with Gasteiger partial charge in [0.25, 0.3) is 0 Å². The second-order valence-electron chi connectivity index (χ2n) is 12.0. The number of allylic oxidation sites excluding steroid dienone is 10. The zero-order chi connectivity index (χ0) is 29.6. The normalized spacial score (nSPS) is 35.0. The lowest BCUT2D eigenvalue weighted by molar-refractivity contribution is -0.135. The van der Waals surface area contributed by atoms with Gasteiger partial charge < -0.3 is 9.47 Å². The number of carbonyl (C=O) groups is 4. The van der Waals surface area contributed by atoms with Gasteiger partial charge in [-0.1, -0.05) is 73.9 Å². The molecule has 42 heavy (non-hydrogen) atoms. The van der Waals surface area contributed by atoms with Gasteiger partial charge in [-0.2, -0.15) is 0 Å². The fourth-order valence-corrected chi connectivity index (χ4v) is 7.85. The van der Waals surface area contributed by atoms with Gasteiger partial charge in [0.15, 0.2) is 0 Å². The Labute approximate surface area is 248 Å². The standard InChI is InChI=1S/2C17H21NO3/c2*1-2-3-5-12-8-9-14-13(12)6-4-7-15(14)16(19)18-10-11-21-17(18)20/h2*2-6,12-15H,1,7-11H2/b2*5-3+/t2*12-,13+,14+,15+/m10/s1.